The molecule has 0 heterocycles. The van der Waals surface area contributed by atoms with Gasteiger partial charge in [-0.15, -0.1) is 0 Å². The van der Waals surface area contributed by atoms with Crippen molar-refractivity contribution in [2.45, 2.75) is 24.8 Å². The van der Waals surface area contributed by atoms with Gasteiger partial charge in [0.05, 0.1) is 12.0 Å². The fourth-order valence-corrected chi connectivity index (χ4v) is 3.25. The predicted molar refractivity (Wildman–Crippen MR) is 71.9 cm³/mol. The number of esters is 1. The van der Waals surface area contributed by atoms with Crippen molar-refractivity contribution in [1.82, 2.24) is 4.31 Å². The molecule has 0 saturated heterocycles. The minimum atomic E-state index is -4.04. The van der Waals surface area contributed by atoms with Crippen LogP contribution in [0.25, 0.3) is 0 Å². The molecule has 0 bridgehead atoms. The lowest BCUT2D eigenvalue weighted by Crippen LogP contribution is -2.41. The molecule has 0 aromatic heterocycles. The zero-order valence-electron chi connectivity index (χ0n) is 11.5. The maximum absolute atomic E-state index is 13.3. The number of sulfonamides is 1. The van der Waals surface area contributed by atoms with Crippen molar-refractivity contribution >= 4 is 21.7 Å². The summed E-state index contributed by atoms with van der Waals surface area (Å²) in [6.45, 7) is 2.75. The molecular formula is C12H17FN2O4S. The highest BCUT2D eigenvalue weighted by molar-refractivity contribution is 7.89. The van der Waals surface area contributed by atoms with Gasteiger partial charge in [-0.2, -0.15) is 4.31 Å². The van der Waals surface area contributed by atoms with E-state index in [1.807, 2.05) is 0 Å². The van der Waals surface area contributed by atoms with Crippen LogP contribution in [0.5, 0.6) is 0 Å². The van der Waals surface area contributed by atoms with Crippen molar-refractivity contribution in [2.24, 2.45) is 0 Å². The number of nitrogens with zero attached hydrogens (tertiary/aromatic N) is 1. The number of hydrogen-bond donors (Lipinski definition) is 1. The van der Waals surface area contributed by atoms with Gasteiger partial charge in [-0.3, -0.25) is 4.79 Å². The summed E-state index contributed by atoms with van der Waals surface area (Å²) in [6.07, 6.45) is 0. The zero-order chi connectivity index (χ0) is 15.5. The predicted octanol–water partition coefficient (Wildman–Crippen LogP) is 0.980. The summed E-state index contributed by atoms with van der Waals surface area (Å²) < 4.78 is 43.5. The highest BCUT2D eigenvalue weighted by Gasteiger charge is 2.30. The van der Waals surface area contributed by atoms with E-state index in [1.54, 1.807) is 13.8 Å². The first-order valence-corrected chi connectivity index (χ1v) is 7.27. The van der Waals surface area contributed by atoms with Crippen LogP contribution in [-0.2, 0) is 19.6 Å². The molecule has 0 aliphatic rings. The monoisotopic (exact) mass is 304 g/mol. The van der Waals surface area contributed by atoms with Crippen LogP contribution >= 0.6 is 0 Å². The average Bonchev–Trinajstić information content (AvgIpc) is 2.33. The summed E-state index contributed by atoms with van der Waals surface area (Å²) in [5.41, 5.74) is 5.44. The fraction of sp³-hybridized carbons (Fsp3) is 0.417. The minimum Gasteiger partial charge on any atom is -0.468 e. The number of ether oxygens (including phenoxy) is 1. The Balaban J connectivity index is 3.26. The van der Waals surface area contributed by atoms with Crippen LogP contribution in [0, 0.1) is 5.82 Å². The third-order valence-corrected chi connectivity index (χ3v) is 4.59. The molecule has 0 amide bonds. The highest BCUT2D eigenvalue weighted by atomic mass is 32.2. The molecule has 1 aromatic carbocycles. The van der Waals surface area contributed by atoms with Crippen LogP contribution in [-0.4, -0.2) is 38.4 Å². The maximum Gasteiger partial charge on any atom is 0.321 e. The average molecular weight is 304 g/mol. The van der Waals surface area contributed by atoms with E-state index in [4.69, 9.17) is 5.73 Å². The van der Waals surface area contributed by atoms with Crippen molar-refractivity contribution in [3.8, 4) is 0 Å². The summed E-state index contributed by atoms with van der Waals surface area (Å²) in [6, 6.07) is 2.52. The van der Waals surface area contributed by atoms with E-state index >= 15 is 0 Å². The Kier molecular flexibility index (Phi) is 5.07. The number of carbonyl (C=O) groups is 1. The van der Waals surface area contributed by atoms with E-state index < -0.39 is 34.4 Å². The van der Waals surface area contributed by atoms with E-state index in [1.165, 1.54) is 0 Å². The van der Waals surface area contributed by atoms with Crippen LogP contribution in [0.3, 0.4) is 0 Å². The molecule has 0 aliphatic carbocycles. The third kappa shape index (κ3) is 3.67. The molecule has 0 saturated carbocycles. The Labute approximate surface area is 117 Å². The number of rotatable bonds is 5. The molecule has 0 aliphatic heterocycles. The van der Waals surface area contributed by atoms with Gasteiger partial charge in [0, 0.05) is 11.7 Å². The molecule has 0 atom stereocenters. The Morgan fingerprint density at radius 2 is 2.00 bits per heavy atom. The second-order valence-corrected chi connectivity index (χ2v) is 6.33. The summed E-state index contributed by atoms with van der Waals surface area (Å²) in [5.74, 6) is -1.46. The largest absolute Gasteiger partial charge is 0.468 e. The molecule has 8 heteroatoms. The van der Waals surface area contributed by atoms with Gasteiger partial charge in [-0.05, 0) is 32.0 Å². The summed E-state index contributed by atoms with van der Waals surface area (Å²) >= 11 is 0. The van der Waals surface area contributed by atoms with Crippen LogP contribution in [0.2, 0.25) is 0 Å². The first-order valence-electron chi connectivity index (χ1n) is 5.83. The fourth-order valence-electron chi connectivity index (χ4n) is 1.61. The number of nitrogens with two attached hydrogens (primary N) is 1. The molecule has 20 heavy (non-hydrogen) atoms. The molecular weight excluding hydrogens is 287 g/mol. The first kappa shape index (κ1) is 16.4. The van der Waals surface area contributed by atoms with E-state index in [0.29, 0.717) is 0 Å². The van der Waals surface area contributed by atoms with Crippen LogP contribution in [0.15, 0.2) is 23.1 Å². The Bertz CT molecular complexity index is 581. The standard InChI is InChI=1S/C12H17FN2O4S/c1-8(2)15(7-12(16)19-3)20(17,18)11-5-9(13)4-10(14)6-11/h4-6,8H,7,14H2,1-3H3. The highest BCUT2D eigenvalue weighted by Crippen LogP contribution is 2.21. The van der Waals surface area contributed by atoms with Gasteiger partial charge >= 0.3 is 5.97 Å². The Morgan fingerprint density at radius 3 is 2.45 bits per heavy atom. The minimum absolute atomic E-state index is 0.00894. The van der Waals surface area contributed by atoms with Gasteiger partial charge < -0.3 is 10.5 Å². The number of carbonyl (C=O) groups excluding carboxylic acids is 1. The molecule has 0 spiro atoms. The normalized spacial score (nSPS) is 11.9. The number of benzene rings is 1. The summed E-state index contributed by atoms with van der Waals surface area (Å²) in [7, 11) is -2.88. The Morgan fingerprint density at radius 1 is 1.40 bits per heavy atom. The van der Waals surface area contributed by atoms with E-state index in [9.17, 15) is 17.6 Å². The topological polar surface area (TPSA) is 89.7 Å². The van der Waals surface area contributed by atoms with Crippen molar-refractivity contribution in [2.75, 3.05) is 19.4 Å². The number of halogens is 1. The van der Waals surface area contributed by atoms with Crippen molar-refractivity contribution in [1.29, 1.82) is 0 Å². The van der Waals surface area contributed by atoms with Crippen LogP contribution in [0.1, 0.15) is 13.8 Å². The molecule has 6 nitrogen and oxygen atoms in total. The second kappa shape index (κ2) is 6.19. The van der Waals surface area contributed by atoms with Gasteiger partial charge in [0.25, 0.3) is 0 Å². The maximum atomic E-state index is 13.3. The number of anilines is 1. The van der Waals surface area contributed by atoms with Crippen molar-refractivity contribution in [3.05, 3.63) is 24.0 Å². The van der Waals surface area contributed by atoms with Crippen molar-refractivity contribution < 1.29 is 22.3 Å². The summed E-state index contributed by atoms with van der Waals surface area (Å²) in [5, 5.41) is 0. The number of hydrogen-bond acceptors (Lipinski definition) is 5. The quantitative estimate of drug-likeness (QED) is 0.647. The molecule has 1 rings (SSSR count). The number of methoxy groups -OCH3 is 1. The lowest BCUT2D eigenvalue weighted by molar-refractivity contribution is -0.141. The van der Waals surface area contributed by atoms with E-state index in [2.05, 4.69) is 4.74 Å². The third-order valence-electron chi connectivity index (χ3n) is 2.59. The molecule has 0 radical (unpaired) electrons. The molecule has 112 valence electrons. The van der Waals surface area contributed by atoms with E-state index in [-0.39, 0.29) is 10.6 Å². The Hall–Kier alpha value is -1.67. The van der Waals surface area contributed by atoms with Gasteiger partial charge in [0.2, 0.25) is 10.0 Å². The smallest absolute Gasteiger partial charge is 0.321 e. The van der Waals surface area contributed by atoms with Crippen LogP contribution in [0.4, 0.5) is 10.1 Å². The molecule has 0 fully saturated rings. The van der Waals surface area contributed by atoms with Gasteiger partial charge in [0.1, 0.15) is 12.4 Å². The van der Waals surface area contributed by atoms with Gasteiger partial charge in [-0.1, -0.05) is 0 Å². The second-order valence-electron chi connectivity index (χ2n) is 4.44. The number of nitrogen functional groups attached to an aromatic ring is 1. The first-order chi connectivity index (χ1) is 9.18. The van der Waals surface area contributed by atoms with Gasteiger partial charge in [-0.25, -0.2) is 12.8 Å². The van der Waals surface area contributed by atoms with Crippen molar-refractivity contribution in [3.63, 3.8) is 0 Å². The lowest BCUT2D eigenvalue weighted by atomic mass is 10.3. The molecule has 2 N–H and O–H groups in total. The van der Waals surface area contributed by atoms with E-state index in [0.717, 1.165) is 29.6 Å². The van der Waals surface area contributed by atoms with Crippen LogP contribution < -0.4 is 5.73 Å². The van der Waals surface area contributed by atoms with Gasteiger partial charge in [0.15, 0.2) is 0 Å². The summed E-state index contributed by atoms with van der Waals surface area (Å²) in [4.78, 5) is 11.0. The SMILES string of the molecule is COC(=O)CN(C(C)C)S(=O)(=O)c1cc(N)cc(F)c1. The molecule has 1 aromatic rings. The molecule has 0 unspecified atom stereocenters. The lowest BCUT2D eigenvalue weighted by Gasteiger charge is -2.24. The zero-order valence-corrected chi connectivity index (χ0v) is 12.3.